The van der Waals surface area contributed by atoms with Gasteiger partial charge in [-0.15, -0.1) is 0 Å². The third kappa shape index (κ3) is 4.37. The molecule has 134 valence electrons. The highest BCUT2D eigenvalue weighted by Gasteiger charge is 2.27. The maximum Gasteiger partial charge on any atom is 0.265 e. The van der Waals surface area contributed by atoms with E-state index < -0.39 is 5.91 Å². The summed E-state index contributed by atoms with van der Waals surface area (Å²) in [6.45, 7) is -0.547. The zero-order valence-electron chi connectivity index (χ0n) is 13.6. The number of rotatable bonds is 5. The van der Waals surface area contributed by atoms with Gasteiger partial charge < -0.3 is 15.4 Å². The van der Waals surface area contributed by atoms with Crippen molar-refractivity contribution in [1.29, 1.82) is 0 Å². The number of fused-ring (bicyclic) bond motifs is 1. The number of pyridine rings is 1. The Balaban J connectivity index is 1.56. The third-order valence-electron chi connectivity index (χ3n) is 3.56. The van der Waals surface area contributed by atoms with E-state index in [1.807, 2.05) is 0 Å². The second kappa shape index (κ2) is 7.96. The van der Waals surface area contributed by atoms with Gasteiger partial charge in [0.25, 0.3) is 5.91 Å². The Morgan fingerprint density at radius 1 is 1.27 bits per heavy atom. The second-order valence-corrected chi connectivity index (χ2v) is 6.36. The van der Waals surface area contributed by atoms with Gasteiger partial charge >= 0.3 is 0 Å². The molecule has 0 fully saturated rings. The van der Waals surface area contributed by atoms with E-state index in [1.165, 1.54) is 11.1 Å². The molecule has 1 aromatic carbocycles. The number of nitrogens with zero attached hydrogens (tertiary/aromatic N) is 2. The minimum absolute atomic E-state index is 0.141. The molecule has 0 unspecified atom stereocenters. The number of ether oxygens (including phenoxy) is 1. The molecular weight excluding hydrogens is 404 g/mol. The minimum Gasteiger partial charge on any atom is -0.482 e. The number of amides is 3. The number of hydrogen-bond donors (Lipinski definition) is 2. The molecule has 3 rings (SSSR count). The van der Waals surface area contributed by atoms with Gasteiger partial charge in [0, 0.05) is 10.7 Å². The van der Waals surface area contributed by atoms with E-state index in [9.17, 15) is 14.4 Å². The Kier molecular flexibility index (Phi) is 5.47. The summed E-state index contributed by atoms with van der Waals surface area (Å²) in [5.74, 6) is -0.643. The standard InChI is InChI=1S/C17H15BrN4O4/c18-11-3-4-13-14(6-11)26-10-17(25)22(13)9-16(24)20-8-15(23)21-12-2-1-5-19-7-12/h1-7H,8-10H2,(H,20,24)(H,21,23). The average Bonchev–Trinajstić information content (AvgIpc) is 2.63. The van der Waals surface area contributed by atoms with Gasteiger partial charge in [0.15, 0.2) is 6.61 Å². The van der Waals surface area contributed by atoms with Crippen LogP contribution in [0.4, 0.5) is 11.4 Å². The van der Waals surface area contributed by atoms with E-state index in [-0.39, 0.29) is 31.5 Å². The van der Waals surface area contributed by atoms with Crippen LogP contribution in [0.1, 0.15) is 0 Å². The molecule has 26 heavy (non-hydrogen) atoms. The lowest BCUT2D eigenvalue weighted by molar-refractivity contribution is -0.126. The van der Waals surface area contributed by atoms with Crippen molar-refractivity contribution in [2.24, 2.45) is 0 Å². The molecule has 2 heterocycles. The van der Waals surface area contributed by atoms with Crippen molar-refractivity contribution in [3.63, 3.8) is 0 Å². The number of hydrogen-bond acceptors (Lipinski definition) is 5. The number of carbonyl (C=O) groups is 3. The zero-order chi connectivity index (χ0) is 18.5. The summed E-state index contributed by atoms with van der Waals surface area (Å²) in [5.41, 5.74) is 1.05. The van der Waals surface area contributed by atoms with Gasteiger partial charge in [0.2, 0.25) is 11.8 Å². The van der Waals surface area contributed by atoms with Gasteiger partial charge in [-0.25, -0.2) is 0 Å². The monoisotopic (exact) mass is 418 g/mol. The molecule has 0 radical (unpaired) electrons. The summed E-state index contributed by atoms with van der Waals surface area (Å²) >= 11 is 3.33. The van der Waals surface area contributed by atoms with Crippen LogP contribution in [-0.2, 0) is 14.4 Å². The topological polar surface area (TPSA) is 101 Å². The van der Waals surface area contributed by atoms with Crippen LogP contribution in [0.5, 0.6) is 5.75 Å². The van der Waals surface area contributed by atoms with Crippen LogP contribution in [0.2, 0.25) is 0 Å². The largest absolute Gasteiger partial charge is 0.482 e. The van der Waals surface area contributed by atoms with E-state index in [2.05, 4.69) is 31.5 Å². The van der Waals surface area contributed by atoms with Crippen molar-refractivity contribution in [1.82, 2.24) is 10.3 Å². The van der Waals surface area contributed by atoms with Crippen molar-refractivity contribution in [3.05, 3.63) is 47.2 Å². The second-order valence-electron chi connectivity index (χ2n) is 5.45. The SMILES string of the molecule is O=C(CN1C(=O)COc2cc(Br)ccc21)NCC(=O)Nc1cccnc1. The highest BCUT2D eigenvalue weighted by Crippen LogP contribution is 2.34. The Morgan fingerprint density at radius 2 is 2.12 bits per heavy atom. The van der Waals surface area contributed by atoms with Gasteiger partial charge in [-0.1, -0.05) is 15.9 Å². The van der Waals surface area contributed by atoms with Crippen LogP contribution in [0.25, 0.3) is 0 Å². The summed E-state index contributed by atoms with van der Waals surface area (Å²) in [7, 11) is 0. The molecule has 0 saturated carbocycles. The first-order chi connectivity index (χ1) is 12.5. The fraction of sp³-hybridized carbons (Fsp3) is 0.176. The summed E-state index contributed by atoms with van der Waals surface area (Å²) < 4.78 is 6.18. The number of carbonyl (C=O) groups excluding carboxylic acids is 3. The van der Waals surface area contributed by atoms with E-state index in [4.69, 9.17) is 4.74 Å². The predicted molar refractivity (Wildman–Crippen MR) is 97.9 cm³/mol. The van der Waals surface area contributed by atoms with E-state index in [1.54, 1.807) is 36.5 Å². The molecule has 0 aliphatic carbocycles. The van der Waals surface area contributed by atoms with Crippen molar-refractivity contribution in [2.75, 3.05) is 29.9 Å². The molecule has 1 aliphatic rings. The Morgan fingerprint density at radius 3 is 2.88 bits per heavy atom. The molecular formula is C17H15BrN4O4. The van der Waals surface area contributed by atoms with Crippen molar-refractivity contribution >= 4 is 45.0 Å². The quantitative estimate of drug-likeness (QED) is 0.762. The van der Waals surface area contributed by atoms with Crippen LogP contribution >= 0.6 is 15.9 Å². The average molecular weight is 419 g/mol. The van der Waals surface area contributed by atoms with Gasteiger partial charge in [-0.3, -0.25) is 24.3 Å². The van der Waals surface area contributed by atoms with Crippen molar-refractivity contribution < 1.29 is 19.1 Å². The maximum atomic E-state index is 12.1. The Hall–Kier alpha value is -2.94. The third-order valence-corrected chi connectivity index (χ3v) is 4.05. The van der Waals surface area contributed by atoms with E-state index in [0.717, 1.165) is 4.47 Å². The first kappa shape index (κ1) is 17.9. The van der Waals surface area contributed by atoms with Gasteiger partial charge in [-0.2, -0.15) is 0 Å². The lowest BCUT2D eigenvalue weighted by Gasteiger charge is -2.28. The smallest absolute Gasteiger partial charge is 0.265 e. The lowest BCUT2D eigenvalue weighted by Crippen LogP contribution is -2.46. The molecule has 0 saturated heterocycles. The van der Waals surface area contributed by atoms with E-state index in [0.29, 0.717) is 17.1 Å². The van der Waals surface area contributed by atoms with Crippen molar-refractivity contribution in [3.8, 4) is 5.75 Å². The van der Waals surface area contributed by atoms with Gasteiger partial charge in [-0.05, 0) is 30.3 Å². The normalized spacial score (nSPS) is 12.8. The zero-order valence-corrected chi connectivity index (χ0v) is 15.2. The number of benzene rings is 1. The Labute approximate surface area is 157 Å². The maximum absolute atomic E-state index is 12.1. The molecule has 2 N–H and O–H groups in total. The highest BCUT2D eigenvalue weighted by molar-refractivity contribution is 9.10. The Bertz CT molecular complexity index is 844. The number of halogens is 1. The molecule has 2 aromatic rings. The van der Waals surface area contributed by atoms with Crippen LogP contribution in [0, 0.1) is 0 Å². The summed E-state index contributed by atoms with van der Waals surface area (Å²) in [6, 6.07) is 8.56. The predicted octanol–water partition coefficient (Wildman–Crippen LogP) is 1.32. The minimum atomic E-state index is -0.449. The lowest BCUT2D eigenvalue weighted by atomic mass is 10.2. The first-order valence-corrected chi connectivity index (χ1v) is 8.51. The molecule has 8 nitrogen and oxygen atoms in total. The fourth-order valence-electron chi connectivity index (χ4n) is 2.37. The van der Waals surface area contributed by atoms with Crippen LogP contribution in [-0.4, -0.2) is 42.4 Å². The molecule has 0 bridgehead atoms. The highest BCUT2D eigenvalue weighted by atomic mass is 79.9. The summed E-state index contributed by atoms with van der Waals surface area (Å²) in [6.07, 6.45) is 3.09. The fourth-order valence-corrected chi connectivity index (χ4v) is 2.71. The number of anilines is 2. The molecule has 0 spiro atoms. The van der Waals surface area contributed by atoms with Crippen LogP contribution < -0.4 is 20.3 Å². The summed E-state index contributed by atoms with van der Waals surface area (Å²) in [4.78, 5) is 41.3. The molecule has 1 aromatic heterocycles. The number of aromatic nitrogens is 1. The van der Waals surface area contributed by atoms with E-state index >= 15 is 0 Å². The van der Waals surface area contributed by atoms with Crippen LogP contribution in [0.3, 0.4) is 0 Å². The molecule has 3 amide bonds. The summed E-state index contributed by atoms with van der Waals surface area (Å²) in [5, 5.41) is 5.11. The number of nitrogens with one attached hydrogen (secondary N) is 2. The molecule has 0 atom stereocenters. The molecule has 9 heteroatoms. The van der Waals surface area contributed by atoms with Crippen LogP contribution in [0.15, 0.2) is 47.2 Å². The van der Waals surface area contributed by atoms with Crippen molar-refractivity contribution in [2.45, 2.75) is 0 Å². The molecule has 1 aliphatic heterocycles. The first-order valence-electron chi connectivity index (χ1n) is 7.72. The van der Waals surface area contributed by atoms with Gasteiger partial charge in [0.05, 0.1) is 24.1 Å². The van der Waals surface area contributed by atoms with Gasteiger partial charge in [0.1, 0.15) is 12.3 Å².